The van der Waals surface area contributed by atoms with Crippen LogP contribution in [0.2, 0.25) is 0 Å². The molecule has 10 aromatic rings. The summed E-state index contributed by atoms with van der Waals surface area (Å²) in [5.74, 6) is 1.06. The molecule has 1 heterocycles. The molecule has 0 spiro atoms. The van der Waals surface area contributed by atoms with Gasteiger partial charge in [0.25, 0.3) is 0 Å². The van der Waals surface area contributed by atoms with Gasteiger partial charge in [-0.3, -0.25) is 0 Å². The van der Waals surface area contributed by atoms with E-state index in [1.807, 2.05) is 0 Å². The minimum atomic E-state index is -0.0835. The minimum absolute atomic E-state index is 0.0609. The quantitative estimate of drug-likeness (QED) is 0.159. The predicted molar refractivity (Wildman–Crippen MR) is 261 cm³/mol. The van der Waals surface area contributed by atoms with Gasteiger partial charge in [-0.1, -0.05) is 194 Å². The maximum absolute atomic E-state index is 6.81. The van der Waals surface area contributed by atoms with Crippen molar-refractivity contribution < 1.29 is 4.74 Å². The van der Waals surface area contributed by atoms with Crippen LogP contribution >= 0.6 is 0 Å². The van der Waals surface area contributed by atoms with E-state index in [0.29, 0.717) is 0 Å². The molecule has 0 fully saturated rings. The Bertz CT molecular complexity index is 3390. The molecule has 292 valence electrons. The van der Waals surface area contributed by atoms with Crippen molar-refractivity contribution in [1.29, 1.82) is 0 Å². The predicted octanol–water partition coefficient (Wildman–Crippen LogP) is 16.1. The largest absolute Gasteiger partial charge is 0.484 e. The van der Waals surface area contributed by atoms with Gasteiger partial charge in [0.2, 0.25) is 0 Å². The number of anilines is 3. The first-order valence-electron chi connectivity index (χ1n) is 21.5. The summed E-state index contributed by atoms with van der Waals surface area (Å²) in [4.78, 5) is 2.43. The third kappa shape index (κ3) is 6.19. The number of rotatable bonds is 7. The lowest BCUT2D eigenvalue weighted by Gasteiger charge is -2.31. The molecule has 10 aromatic carbocycles. The van der Waals surface area contributed by atoms with Crippen LogP contribution in [0.3, 0.4) is 0 Å². The molecule has 2 aliphatic rings. The van der Waals surface area contributed by atoms with Gasteiger partial charge in [-0.15, -0.1) is 0 Å². The van der Waals surface area contributed by atoms with E-state index in [-0.39, 0.29) is 12.0 Å². The van der Waals surface area contributed by atoms with Crippen molar-refractivity contribution in [3.05, 3.63) is 248 Å². The zero-order valence-electron chi connectivity index (χ0n) is 34.0. The van der Waals surface area contributed by atoms with Gasteiger partial charge in [0.05, 0.1) is 11.6 Å². The first-order chi connectivity index (χ1) is 30.7. The van der Waals surface area contributed by atoms with Gasteiger partial charge in [0.15, 0.2) is 0 Å². The van der Waals surface area contributed by atoms with E-state index in [2.05, 4.69) is 242 Å². The molecule has 62 heavy (non-hydrogen) atoms. The summed E-state index contributed by atoms with van der Waals surface area (Å²) < 4.78 is 6.81. The maximum Gasteiger partial charge on any atom is 0.132 e. The van der Waals surface area contributed by atoms with Crippen LogP contribution in [0.1, 0.15) is 17.0 Å². The number of ether oxygens (including phenoxy) is 1. The van der Waals surface area contributed by atoms with Crippen LogP contribution in [-0.2, 0) is 0 Å². The van der Waals surface area contributed by atoms with Gasteiger partial charge in [-0.2, -0.15) is 0 Å². The summed E-state index contributed by atoms with van der Waals surface area (Å²) in [6, 6.07) is 79.4. The van der Waals surface area contributed by atoms with Gasteiger partial charge in [0.1, 0.15) is 11.9 Å². The number of para-hydroxylation sites is 1. The highest BCUT2D eigenvalue weighted by Crippen LogP contribution is 2.53. The van der Waals surface area contributed by atoms with Crippen LogP contribution in [-0.4, -0.2) is 6.10 Å². The van der Waals surface area contributed by atoms with Crippen LogP contribution in [0.15, 0.2) is 237 Å². The van der Waals surface area contributed by atoms with Crippen molar-refractivity contribution in [1.82, 2.24) is 0 Å². The fraction of sp³-hybridized carbons (Fsp3) is 0.0333. The van der Waals surface area contributed by atoms with E-state index in [9.17, 15) is 0 Å². The van der Waals surface area contributed by atoms with Crippen LogP contribution in [0.5, 0.6) is 5.75 Å². The molecule has 0 saturated carbocycles. The lowest BCUT2D eigenvalue weighted by Crippen LogP contribution is -2.21. The smallest absolute Gasteiger partial charge is 0.132 e. The Balaban J connectivity index is 0.962. The number of fused-ring (bicyclic) bond motifs is 7. The fourth-order valence-corrected chi connectivity index (χ4v) is 9.80. The first kappa shape index (κ1) is 36.0. The third-order valence-corrected chi connectivity index (χ3v) is 12.8. The van der Waals surface area contributed by atoms with Crippen molar-refractivity contribution in [3.8, 4) is 39.1 Å². The summed E-state index contributed by atoms with van der Waals surface area (Å²) in [6.45, 7) is 0. The lowest BCUT2D eigenvalue weighted by atomic mass is 9.80. The van der Waals surface area contributed by atoms with Gasteiger partial charge in [-0.05, 0) is 108 Å². The van der Waals surface area contributed by atoms with Crippen LogP contribution in [0, 0.1) is 0 Å². The Morgan fingerprint density at radius 1 is 0.387 bits per heavy atom. The highest BCUT2D eigenvalue weighted by Gasteiger charge is 2.39. The molecule has 0 saturated heterocycles. The molecule has 2 atom stereocenters. The first-order valence-corrected chi connectivity index (χ1v) is 21.5. The van der Waals surface area contributed by atoms with E-state index < -0.39 is 0 Å². The molecule has 0 bridgehead atoms. The van der Waals surface area contributed by atoms with Gasteiger partial charge in [0, 0.05) is 27.9 Å². The SMILES string of the molecule is C1=CC2Oc3c(ccc4ccccc34)C2C(c2ccccc2N(c2ccc(-c3ccc(-c4cccc5ccccc45)cc3)cc2)c2cccc(-c3ccc4ccccc4c3)c2)=C1. The summed E-state index contributed by atoms with van der Waals surface area (Å²) in [5, 5.41) is 7.36. The van der Waals surface area contributed by atoms with Crippen LogP contribution in [0.25, 0.3) is 71.3 Å². The average molecular weight is 792 g/mol. The van der Waals surface area contributed by atoms with Crippen molar-refractivity contribution >= 4 is 55.0 Å². The Labute approximate surface area is 361 Å². The lowest BCUT2D eigenvalue weighted by molar-refractivity contribution is 0.274. The molecular formula is C60H41NO. The highest BCUT2D eigenvalue weighted by atomic mass is 16.5. The van der Waals surface area contributed by atoms with Crippen LogP contribution < -0.4 is 9.64 Å². The Hall–Kier alpha value is -7.94. The normalized spacial score (nSPS) is 15.3. The summed E-state index contributed by atoms with van der Waals surface area (Å²) in [5.41, 5.74) is 14.1. The van der Waals surface area contributed by atoms with Crippen molar-refractivity contribution in [3.63, 3.8) is 0 Å². The topological polar surface area (TPSA) is 12.5 Å². The number of hydrogen-bond acceptors (Lipinski definition) is 2. The molecule has 0 radical (unpaired) electrons. The molecule has 1 aliphatic carbocycles. The van der Waals surface area contributed by atoms with Crippen LogP contribution in [0.4, 0.5) is 17.1 Å². The molecule has 0 N–H and O–H groups in total. The highest BCUT2D eigenvalue weighted by molar-refractivity contribution is 5.98. The number of allylic oxidation sites excluding steroid dienone is 2. The standard InChI is InChI=1S/C60H41NO/c1-2-15-46-38-48(31-28-40(46)12-1)47-17-9-18-50(39-47)61(49-35-32-42(33-36-49)41-26-29-45(30-27-41)52-22-10-16-43-13-3-5-19-51(43)52)57-24-8-7-21-54(57)55-23-11-25-58-59(55)56-37-34-44-14-4-6-20-53(44)60(56)62-58/h1-39,58-59H. The Kier molecular flexibility index (Phi) is 8.67. The van der Waals surface area contributed by atoms with Gasteiger partial charge >= 0.3 is 0 Å². The second-order valence-corrected chi connectivity index (χ2v) is 16.4. The van der Waals surface area contributed by atoms with Gasteiger partial charge < -0.3 is 9.64 Å². The summed E-state index contributed by atoms with van der Waals surface area (Å²) in [6.07, 6.45) is 6.60. The summed E-state index contributed by atoms with van der Waals surface area (Å²) in [7, 11) is 0. The molecular weight excluding hydrogens is 751 g/mol. The molecule has 2 heteroatoms. The fourth-order valence-electron chi connectivity index (χ4n) is 9.80. The Morgan fingerprint density at radius 3 is 1.82 bits per heavy atom. The molecule has 0 amide bonds. The zero-order chi connectivity index (χ0) is 41.0. The Morgan fingerprint density at radius 2 is 0.984 bits per heavy atom. The summed E-state index contributed by atoms with van der Waals surface area (Å²) >= 11 is 0. The second-order valence-electron chi connectivity index (χ2n) is 16.4. The maximum atomic E-state index is 6.81. The number of hydrogen-bond donors (Lipinski definition) is 0. The van der Waals surface area contributed by atoms with Crippen molar-refractivity contribution in [2.75, 3.05) is 4.90 Å². The minimum Gasteiger partial charge on any atom is -0.484 e. The van der Waals surface area contributed by atoms with E-state index in [4.69, 9.17) is 4.74 Å². The second kappa shape index (κ2) is 15.0. The monoisotopic (exact) mass is 791 g/mol. The molecule has 12 rings (SSSR count). The zero-order valence-corrected chi connectivity index (χ0v) is 34.0. The van der Waals surface area contributed by atoms with E-state index in [1.165, 1.54) is 77.0 Å². The third-order valence-electron chi connectivity index (χ3n) is 12.8. The molecule has 2 unspecified atom stereocenters. The number of nitrogens with zero attached hydrogens (tertiary/aromatic N) is 1. The van der Waals surface area contributed by atoms with Crippen molar-refractivity contribution in [2.45, 2.75) is 12.0 Å². The number of benzene rings is 10. The molecule has 2 nitrogen and oxygen atoms in total. The average Bonchev–Trinajstić information content (AvgIpc) is 3.74. The van der Waals surface area contributed by atoms with E-state index >= 15 is 0 Å². The molecule has 0 aromatic heterocycles. The van der Waals surface area contributed by atoms with Gasteiger partial charge in [-0.25, -0.2) is 0 Å². The van der Waals surface area contributed by atoms with E-state index in [1.54, 1.807) is 0 Å². The molecule has 1 aliphatic heterocycles. The van der Waals surface area contributed by atoms with E-state index in [0.717, 1.165) is 28.2 Å². The van der Waals surface area contributed by atoms with Crippen molar-refractivity contribution in [2.24, 2.45) is 0 Å².